The van der Waals surface area contributed by atoms with Crippen LogP contribution in [0.15, 0.2) is 97.3 Å². The molecule has 4 aromatic rings. The number of aliphatic hydroxyl groups excluding tert-OH is 1. The SMILES string of the molecule is C[C@@H](CO)N1CC[C@H](CNCc2ccc(Oc3ccccc3)cc2)Oc2c(NC(=O)c3ccncc3)cccc2C1=O. The third kappa shape index (κ3) is 7.12. The third-order valence-electron chi connectivity index (χ3n) is 7.07. The first-order valence-electron chi connectivity index (χ1n) is 14.0. The molecule has 2 amide bonds. The molecule has 0 unspecified atom stereocenters. The van der Waals surface area contributed by atoms with Gasteiger partial charge in [0, 0.05) is 44.0 Å². The Morgan fingerprint density at radius 1 is 1.02 bits per heavy atom. The maximum absolute atomic E-state index is 13.5. The first kappa shape index (κ1) is 28.8. The smallest absolute Gasteiger partial charge is 0.258 e. The molecule has 0 aliphatic carbocycles. The number of hydrogen-bond acceptors (Lipinski definition) is 7. The van der Waals surface area contributed by atoms with Gasteiger partial charge in [-0.3, -0.25) is 14.6 Å². The largest absolute Gasteiger partial charge is 0.486 e. The Hall–Kier alpha value is -4.73. The summed E-state index contributed by atoms with van der Waals surface area (Å²) in [6, 6.07) is 25.5. The van der Waals surface area contributed by atoms with Crippen molar-refractivity contribution in [3.8, 4) is 17.2 Å². The van der Waals surface area contributed by atoms with E-state index in [1.807, 2.05) is 61.5 Å². The van der Waals surface area contributed by atoms with Crippen molar-refractivity contribution in [1.29, 1.82) is 0 Å². The summed E-state index contributed by atoms with van der Waals surface area (Å²) in [6.45, 7) is 3.19. The number of aliphatic hydroxyl groups is 1. The second-order valence-corrected chi connectivity index (χ2v) is 10.1. The third-order valence-corrected chi connectivity index (χ3v) is 7.07. The fourth-order valence-corrected chi connectivity index (χ4v) is 4.73. The van der Waals surface area contributed by atoms with Gasteiger partial charge in [0.05, 0.1) is 23.9 Å². The normalized spacial score (nSPS) is 15.5. The molecule has 3 N–H and O–H groups in total. The number of rotatable bonds is 10. The summed E-state index contributed by atoms with van der Waals surface area (Å²) >= 11 is 0. The average molecular weight is 567 g/mol. The van der Waals surface area contributed by atoms with E-state index in [4.69, 9.17) is 9.47 Å². The van der Waals surface area contributed by atoms with E-state index in [-0.39, 0.29) is 30.6 Å². The molecule has 2 atom stereocenters. The van der Waals surface area contributed by atoms with Crippen molar-refractivity contribution in [2.24, 2.45) is 0 Å². The van der Waals surface area contributed by atoms with Gasteiger partial charge in [-0.2, -0.15) is 0 Å². The van der Waals surface area contributed by atoms with Crippen LogP contribution in [0.3, 0.4) is 0 Å². The Kier molecular flexibility index (Phi) is 9.43. The van der Waals surface area contributed by atoms with E-state index < -0.39 is 0 Å². The number of fused-ring (bicyclic) bond motifs is 1. The van der Waals surface area contributed by atoms with Gasteiger partial charge in [-0.15, -0.1) is 0 Å². The van der Waals surface area contributed by atoms with Crippen molar-refractivity contribution < 1.29 is 24.2 Å². The van der Waals surface area contributed by atoms with Gasteiger partial charge < -0.3 is 30.1 Å². The summed E-state index contributed by atoms with van der Waals surface area (Å²) in [5.74, 6) is 1.27. The zero-order valence-corrected chi connectivity index (χ0v) is 23.4. The zero-order valence-electron chi connectivity index (χ0n) is 23.4. The fourth-order valence-electron chi connectivity index (χ4n) is 4.73. The van der Waals surface area contributed by atoms with Gasteiger partial charge in [0.25, 0.3) is 11.8 Å². The number of benzene rings is 3. The lowest BCUT2D eigenvalue weighted by Crippen LogP contribution is -2.45. The Labute approximate surface area is 245 Å². The summed E-state index contributed by atoms with van der Waals surface area (Å²) in [7, 11) is 0. The number of amides is 2. The predicted octanol–water partition coefficient (Wildman–Crippen LogP) is 4.89. The van der Waals surface area contributed by atoms with Crippen molar-refractivity contribution >= 4 is 17.5 Å². The number of carbonyl (C=O) groups is 2. The van der Waals surface area contributed by atoms with E-state index in [0.29, 0.717) is 48.6 Å². The van der Waals surface area contributed by atoms with Gasteiger partial charge in [-0.25, -0.2) is 0 Å². The van der Waals surface area contributed by atoms with Crippen LogP contribution >= 0.6 is 0 Å². The van der Waals surface area contributed by atoms with Crippen molar-refractivity contribution in [1.82, 2.24) is 15.2 Å². The minimum Gasteiger partial charge on any atom is -0.486 e. The Balaban J connectivity index is 1.30. The zero-order chi connectivity index (χ0) is 29.3. The number of para-hydroxylation sites is 2. The van der Waals surface area contributed by atoms with Gasteiger partial charge in [0.1, 0.15) is 17.6 Å². The number of carbonyl (C=O) groups excluding carboxylic acids is 2. The molecule has 5 rings (SSSR count). The molecule has 0 radical (unpaired) electrons. The van der Waals surface area contributed by atoms with Crippen LogP contribution in [0.4, 0.5) is 5.69 Å². The second kappa shape index (κ2) is 13.8. The van der Waals surface area contributed by atoms with E-state index in [1.165, 1.54) is 0 Å². The standard InChI is InChI=1S/C33H34N4O5/c1-23(22-38)37-19-16-28(21-35-20-24-10-12-27(13-11-24)41-26-6-3-2-4-7-26)42-31-29(33(37)40)8-5-9-30(31)36-32(39)25-14-17-34-18-15-25/h2-15,17-18,23,28,35,38H,16,19-22H2,1H3,(H,36,39)/t23-,28+/m0/s1. The maximum Gasteiger partial charge on any atom is 0.258 e. The second-order valence-electron chi connectivity index (χ2n) is 10.1. The average Bonchev–Trinajstić information content (AvgIpc) is 3.02. The van der Waals surface area contributed by atoms with Crippen molar-refractivity contribution in [2.45, 2.75) is 32.0 Å². The minimum absolute atomic E-state index is 0.159. The number of anilines is 1. The molecule has 2 heterocycles. The highest BCUT2D eigenvalue weighted by atomic mass is 16.5. The Morgan fingerprint density at radius 3 is 2.50 bits per heavy atom. The molecule has 0 saturated carbocycles. The molecule has 0 saturated heterocycles. The van der Waals surface area contributed by atoms with Gasteiger partial charge >= 0.3 is 0 Å². The molecule has 0 fully saturated rings. The monoisotopic (exact) mass is 566 g/mol. The molecule has 1 aliphatic rings. The molecule has 0 bridgehead atoms. The molecular formula is C33H34N4O5. The molecule has 0 spiro atoms. The number of nitrogens with zero attached hydrogens (tertiary/aromatic N) is 2. The van der Waals surface area contributed by atoms with Crippen LogP contribution in [0.5, 0.6) is 17.2 Å². The predicted molar refractivity (Wildman–Crippen MR) is 160 cm³/mol. The molecule has 3 aromatic carbocycles. The van der Waals surface area contributed by atoms with E-state index in [0.717, 1.165) is 17.1 Å². The molecule has 9 nitrogen and oxygen atoms in total. The molecule has 1 aliphatic heterocycles. The van der Waals surface area contributed by atoms with Crippen LogP contribution < -0.4 is 20.1 Å². The first-order chi connectivity index (χ1) is 20.5. The summed E-state index contributed by atoms with van der Waals surface area (Å²) in [5, 5.41) is 16.2. The van der Waals surface area contributed by atoms with Crippen LogP contribution in [-0.4, -0.2) is 58.6 Å². The highest BCUT2D eigenvalue weighted by Gasteiger charge is 2.30. The fraction of sp³-hybridized carbons (Fsp3) is 0.242. The Bertz CT molecular complexity index is 1480. The summed E-state index contributed by atoms with van der Waals surface area (Å²) in [5.41, 5.74) is 2.26. The topological polar surface area (TPSA) is 113 Å². The summed E-state index contributed by atoms with van der Waals surface area (Å²) in [6.07, 6.45) is 3.33. The molecular weight excluding hydrogens is 532 g/mol. The maximum atomic E-state index is 13.5. The Morgan fingerprint density at radius 2 is 1.76 bits per heavy atom. The molecule has 42 heavy (non-hydrogen) atoms. The molecule has 1 aromatic heterocycles. The van der Waals surface area contributed by atoms with Gasteiger partial charge in [0.15, 0.2) is 5.75 Å². The van der Waals surface area contributed by atoms with Crippen molar-refractivity contribution in [3.63, 3.8) is 0 Å². The highest BCUT2D eigenvalue weighted by molar-refractivity contribution is 6.07. The van der Waals surface area contributed by atoms with Crippen molar-refractivity contribution in [2.75, 3.05) is 25.0 Å². The molecule has 9 heteroatoms. The minimum atomic E-state index is -0.372. The van der Waals surface area contributed by atoms with Gasteiger partial charge in [-0.05, 0) is 61.0 Å². The van der Waals surface area contributed by atoms with Crippen LogP contribution in [0.2, 0.25) is 0 Å². The van der Waals surface area contributed by atoms with Gasteiger partial charge in [-0.1, -0.05) is 36.4 Å². The van der Waals surface area contributed by atoms with Crippen LogP contribution in [0.25, 0.3) is 0 Å². The van der Waals surface area contributed by atoms with E-state index in [1.54, 1.807) is 47.6 Å². The lowest BCUT2D eigenvalue weighted by molar-refractivity contribution is 0.0534. The number of pyridine rings is 1. The summed E-state index contributed by atoms with van der Waals surface area (Å²) < 4.78 is 12.3. The van der Waals surface area contributed by atoms with E-state index in [2.05, 4.69) is 15.6 Å². The lowest BCUT2D eigenvalue weighted by atomic mass is 10.1. The first-order valence-corrected chi connectivity index (χ1v) is 14.0. The number of aromatic nitrogens is 1. The summed E-state index contributed by atoms with van der Waals surface area (Å²) in [4.78, 5) is 32.1. The van der Waals surface area contributed by atoms with Crippen LogP contribution in [-0.2, 0) is 6.54 Å². The lowest BCUT2D eigenvalue weighted by Gasteiger charge is -2.34. The number of hydrogen-bond donors (Lipinski definition) is 3. The van der Waals surface area contributed by atoms with Crippen LogP contribution in [0.1, 0.15) is 39.6 Å². The molecule has 216 valence electrons. The van der Waals surface area contributed by atoms with Crippen molar-refractivity contribution in [3.05, 3.63) is 114 Å². The van der Waals surface area contributed by atoms with Crippen LogP contribution in [0, 0.1) is 0 Å². The van der Waals surface area contributed by atoms with E-state index in [9.17, 15) is 14.7 Å². The van der Waals surface area contributed by atoms with E-state index >= 15 is 0 Å². The number of ether oxygens (including phenoxy) is 2. The van der Waals surface area contributed by atoms with Gasteiger partial charge in [0.2, 0.25) is 0 Å². The number of nitrogens with one attached hydrogen (secondary N) is 2. The highest BCUT2D eigenvalue weighted by Crippen LogP contribution is 2.34. The quantitative estimate of drug-likeness (QED) is 0.251.